The minimum Gasteiger partial charge on any atom is -0.351 e. The van der Waals surface area contributed by atoms with Gasteiger partial charge in [-0.05, 0) is 42.9 Å². The first kappa shape index (κ1) is 23.0. The molecular weight excluding hydrogens is 386 g/mol. The van der Waals surface area contributed by atoms with Crippen LogP contribution in [-0.2, 0) is 11.2 Å². The van der Waals surface area contributed by atoms with Gasteiger partial charge in [-0.1, -0.05) is 62.4 Å². The fraction of sp³-hybridized carbons (Fsp3) is 0.462. The third-order valence-electron chi connectivity index (χ3n) is 5.81. The van der Waals surface area contributed by atoms with Gasteiger partial charge in [0.25, 0.3) is 5.91 Å². The van der Waals surface area contributed by atoms with E-state index in [2.05, 4.69) is 29.4 Å². The number of rotatable bonds is 8. The van der Waals surface area contributed by atoms with Gasteiger partial charge in [0.1, 0.15) is 6.04 Å². The van der Waals surface area contributed by atoms with Gasteiger partial charge in [0, 0.05) is 37.7 Å². The maximum absolute atomic E-state index is 13.2. The summed E-state index contributed by atoms with van der Waals surface area (Å²) in [4.78, 5) is 28.3. The Morgan fingerprint density at radius 2 is 1.52 bits per heavy atom. The summed E-state index contributed by atoms with van der Waals surface area (Å²) < 4.78 is 0. The molecule has 1 fully saturated rings. The van der Waals surface area contributed by atoms with Crippen molar-refractivity contribution in [2.24, 2.45) is 11.8 Å². The third kappa shape index (κ3) is 7.21. The molecule has 3 rings (SSSR count). The topological polar surface area (TPSA) is 61.4 Å². The van der Waals surface area contributed by atoms with Crippen LogP contribution in [0, 0.1) is 11.8 Å². The molecule has 1 aliphatic heterocycles. The van der Waals surface area contributed by atoms with E-state index in [1.807, 2.05) is 55.5 Å². The van der Waals surface area contributed by atoms with Crippen molar-refractivity contribution < 1.29 is 9.59 Å². The number of hydrogen-bond acceptors (Lipinski definition) is 3. The number of nitrogens with one attached hydrogen (secondary N) is 2. The Labute approximate surface area is 186 Å². The summed E-state index contributed by atoms with van der Waals surface area (Å²) in [5.41, 5.74) is 1.57. The van der Waals surface area contributed by atoms with Crippen LogP contribution in [-0.4, -0.2) is 48.4 Å². The van der Waals surface area contributed by atoms with Crippen LogP contribution < -0.4 is 10.6 Å². The van der Waals surface area contributed by atoms with E-state index in [1.165, 1.54) is 6.42 Å². The Balaban J connectivity index is 1.64. The summed E-state index contributed by atoms with van der Waals surface area (Å²) in [6.07, 6.45) is 1.72. The van der Waals surface area contributed by atoms with Gasteiger partial charge in [-0.25, -0.2) is 0 Å². The summed E-state index contributed by atoms with van der Waals surface area (Å²) in [6, 6.07) is 18.2. The molecule has 0 aliphatic carbocycles. The SMILES string of the molecule is CC1CC(C)CN(CC(C)NC(=O)C(Cc2ccccc2)NC(=O)c2ccccc2)C1. The van der Waals surface area contributed by atoms with Crippen molar-refractivity contribution in [3.63, 3.8) is 0 Å². The van der Waals surface area contributed by atoms with Gasteiger partial charge in [0.15, 0.2) is 0 Å². The zero-order chi connectivity index (χ0) is 22.2. The number of amides is 2. The number of piperidine rings is 1. The van der Waals surface area contributed by atoms with Crippen LogP contribution in [0.1, 0.15) is 43.1 Å². The molecule has 4 atom stereocenters. The Kier molecular flexibility index (Phi) is 8.24. The van der Waals surface area contributed by atoms with Crippen molar-refractivity contribution in [1.29, 1.82) is 0 Å². The van der Waals surface area contributed by atoms with Crippen molar-refractivity contribution in [1.82, 2.24) is 15.5 Å². The van der Waals surface area contributed by atoms with Crippen molar-refractivity contribution in [2.75, 3.05) is 19.6 Å². The molecule has 166 valence electrons. The molecule has 0 aromatic heterocycles. The van der Waals surface area contributed by atoms with Crippen molar-refractivity contribution in [3.8, 4) is 0 Å². The van der Waals surface area contributed by atoms with E-state index in [0.29, 0.717) is 23.8 Å². The van der Waals surface area contributed by atoms with Gasteiger partial charge in [0.2, 0.25) is 5.91 Å². The fourth-order valence-electron chi connectivity index (χ4n) is 4.61. The van der Waals surface area contributed by atoms with Crippen LogP contribution in [0.25, 0.3) is 0 Å². The lowest BCUT2D eigenvalue weighted by Crippen LogP contribution is -2.53. The van der Waals surface area contributed by atoms with Crippen molar-refractivity contribution in [3.05, 3.63) is 71.8 Å². The molecular formula is C26H35N3O2. The molecule has 0 bridgehead atoms. The van der Waals surface area contributed by atoms with Crippen molar-refractivity contribution in [2.45, 2.75) is 45.7 Å². The van der Waals surface area contributed by atoms with Crippen LogP contribution in [0.15, 0.2) is 60.7 Å². The number of carbonyl (C=O) groups is 2. The molecule has 0 saturated carbocycles. The van der Waals surface area contributed by atoms with Crippen LogP contribution in [0.2, 0.25) is 0 Å². The van der Waals surface area contributed by atoms with E-state index < -0.39 is 6.04 Å². The lowest BCUT2D eigenvalue weighted by Gasteiger charge is -2.36. The van der Waals surface area contributed by atoms with Gasteiger partial charge in [-0.15, -0.1) is 0 Å². The van der Waals surface area contributed by atoms with Crippen LogP contribution in [0.4, 0.5) is 0 Å². The van der Waals surface area contributed by atoms with Crippen LogP contribution in [0.5, 0.6) is 0 Å². The Morgan fingerprint density at radius 3 is 2.13 bits per heavy atom. The molecule has 5 nitrogen and oxygen atoms in total. The summed E-state index contributed by atoms with van der Waals surface area (Å²) in [6.45, 7) is 9.60. The van der Waals surface area contributed by atoms with E-state index in [1.54, 1.807) is 12.1 Å². The zero-order valence-electron chi connectivity index (χ0n) is 18.9. The maximum atomic E-state index is 13.2. The highest BCUT2D eigenvalue weighted by molar-refractivity contribution is 5.97. The molecule has 0 radical (unpaired) electrons. The molecule has 4 unspecified atom stereocenters. The van der Waals surface area contributed by atoms with Gasteiger partial charge in [-0.3, -0.25) is 9.59 Å². The minimum atomic E-state index is -0.628. The van der Waals surface area contributed by atoms with Crippen LogP contribution in [0.3, 0.4) is 0 Å². The second-order valence-corrected chi connectivity index (χ2v) is 9.16. The Morgan fingerprint density at radius 1 is 0.935 bits per heavy atom. The van der Waals surface area contributed by atoms with E-state index in [0.717, 1.165) is 25.2 Å². The van der Waals surface area contributed by atoms with Gasteiger partial charge < -0.3 is 15.5 Å². The van der Waals surface area contributed by atoms with Gasteiger partial charge in [0.05, 0.1) is 0 Å². The highest BCUT2D eigenvalue weighted by atomic mass is 16.2. The van der Waals surface area contributed by atoms with Crippen molar-refractivity contribution >= 4 is 11.8 Å². The standard InChI is InChI=1S/C26H35N3O2/c1-19-14-20(2)17-29(16-19)18-21(3)27-26(31)24(15-22-10-6-4-7-11-22)28-25(30)23-12-8-5-9-13-23/h4-13,19-21,24H,14-18H2,1-3H3,(H,27,31)(H,28,30). The largest absolute Gasteiger partial charge is 0.351 e. The Bertz CT molecular complexity index is 830. The molecule has 2 amide bonds. The third-order valence-corrected chi connectivity index (χ3v) is 5.81. The predicted molar refractivity (Wildman–Crippen MR) is 125 cm³/mol. The number of likely N-dealkylation sites (tertiary alicyclic amines) is 1. The normalized spacial score (nSPS) is 21.1. The zero-order valence-corrected chi connectivity index (χ0v) is 18.9. The number of benzene rings is 2. The molecule has 1 aliphatic rings. The molecule has 1 saturated heterocycles. The lowest BCUT2D eigenvalue weighted by atomic mass is 9.91. The minimum absolute atomic E-state index is 0.0110. The smallest absolute Gasteiger partial charge is 0.251 e. The van der Waals surface area contributed by atoms with E-state index in [9.17, 15) is 9.59 Å². The monoisotopic (exact) mass is 421 g/mol. The number of carbonyl (C=O) groups excluding carboxylic acids is 2. The predicted octanol–water partition coefficient (Wildman–Crippen LogP) is 3.51. The molecule has 1 heterocycles. The average Bonchev–Trinajstić information content (AvgIpc) is 2.73. The lowest BCUT2D eigenvalue weighted by molar-refractivity contribution is -0.123. The van der Waals surface area contributed by atoms with Crippen LogP contribution >= 0.6 is 0 Å². The maximum Gasteiger partial charge on any atom is 0.251 e. The highest BCUT2D eigenvalue weighted by Gasteiger charge is 2.26. The molecule has 2 N–H and O–H groups in total. The molecule has 0 spiro atoms. The first-order valence-electron chi connectivity index (χ1n) is 11.3. The van der Waals surface area contributed by atoms with Gasteiger partial charge >= 0.3 is 0 Å². The first-order valence-corrected chi connectivity index (χ1v) is 11.3. The molecule has 5 heteroatoms. The molecule has 2 aromatic rings. The summed E-state index contributed by atoms with van der Waals surface area (Å²) in [5.74, 6) is 0.993. The second-order valence-electron chi connectivity index (χ2n) is 9.16. The molecule has 31 heavy (non-hydrogen) atoms. The first-order chi connectivity index (χ1) is 14.9. The van der Waals surface area contributed by atoms with E-state index in [-0.39, 0.29) is 17.9 Å². The number of nitrogens with zero attached hydrogens (tertiary/aromatic N) is 1. The quantitative estimate of drug-likeness (QED) is 0.686. The summed E-state index contributed by atoms with van der Waals surface area (Å²) in [5, 5.41) is 6.08. The Hall–Kier alpha value is -2.66. The average molecular weight is 422 g/mol. The molecule has 2 aromatic carbocycles. The van der Waals surface area contributed by atoms with E-state index in [4.69, 9.17) is 0 Å². The highest BCUT2D eigenvalue weighted by Crippen LogP contribution is 2.20. The van der Waals surface area contributed by atoms with E-state index >= 15 is 0 Å². The number of hydrogen-bond donors (Lipinski definition) is 2. The summed E-state index contributed by atoms with van der Waals surface area (Å²) in [7, 11) is 0. The second kappa shape index (κ2) is 11.1. The van der Waals surface area contributed by atoms with Gasteiger partial charge in [-0.2, -0.15) is 0 Å². The summed E-state index contributed by atoms with van der Waals surface area (Å²) >= 11 is 0. The fourth-order valence-corrected chi connectivity index (χ4v) is 4.61.